The Balaban J connectivity index is 1.39. The molecule has 0 saturated carbocycles. The lowest BCUT2D eigenvalue weighted by atomic mass is 9.94. The van der Waals surface area contributed by atoms with Gasteiger partial charge in [0.05, 0.1) is 24.1 Å². The molecule has 8 nitrogen and oxygen atoms in total. The first-order valence-corrected chi connectivity index (χ1v) is 11.2. The molecule has 8 heteroatoms. The topological polar surface area (TPSA) is 97.0 Å². The molecule has 3 atom stereocenters. The Morgan fingerprint density at radius 3 is 2.67 bits per heavy atom. The van der Waals surface area contributed by atoms with Gasteiger partial charge < -0.3 is 25.0 Å². The normalized spacial score (nSPS) is 22.2. The maximum Gasteiger partial charge on any atom is 0.257 e. The van der Waals surface area contributed by atoms with Gasteiger partial charge in [-0.3, -0.25) is 14.4 Å². The molecule has 0 radical (unpaired) electrons. The summed E-state index contributed by atoms with van der Waals surface area (Å²) in [5.74, 6) is -0.00302. The molecule has 1 fully saturated rings. The van der Waals surface area contributed by atoms with E-state index >= 15 is 0 Å². The van der Waals surface area contributed by atoms with Crippen LogP contribution in [0.15, 0.2) is 48.5 Å². The number of hydrogen-bond donors (Lipinski definition) is 2. The summed E-state index contributed by atoms with van der Waals surface area (Å²) >= 11 is 0. The zero-order valence-corrected chi connectivity index (χ0v) is 18.9. The van der Waals surface area contributed by atoms with Crippen molar-refractivity contribution < 1.29 is 23.9 Å². The molecule has 0 spiro atoms. The molecule has 2 aliphatic heterocycles. The average molecular weight is 452 g/mol. The van der Waals surface area contributed by atoms with Crippen LogP contribution in [0.4, 0.5) is 5.69 Å². The number of carbonyl (C=O) groups is 3. The van der Waals surface area contributed by atoms with Gasteiger partial charge in [-0.05, 0) is 36.6 Å². The minimum Gasteiger partial charge on any atom is -0.490 e. The standard InChI is InChI=1S/C25H29N3O5/c1-16(29)27-18-8-11-22-20(12-18)25(31)28(2)21-10-9-19(33-23(21)15-32-22)13-24(30)26-14-17-6-4-3-5-7-17/h3-8,11-12,19,21,23H,9-10,13-15H2,1-2H3,(H,26,30)(H,27,29)/t19-,21+,23-/m1/s1. The number of nitrogens with zero attached hydrogens (tertiary/aromatic N) is 1. The highest BCUT2D eigenvalue weighted by molar-refractivity contribution is 5.99. The van der Waals surface area contributed by atoms with E-state index in [2.05, 4.69) is 10.6 Å². The summed E-state index contributed by atoms with van der Waals surface area (Å²) in [5.41, 5.74) is 2.00. The molecule has 0 unspecified atom stereocenters. The Labute approximate surface area is 193 Å². The van der Waals surface area contributed by atoms with Gasteiger partial charge >= 0.3 is 0 Å². The average Bonchev–Trinajstić information content (AvgIpc) is 2.81. The molecule has 0 aliphatic carbocycles. The molecule has 1 saturated heterocycles. The van der Waals surface area contributed by atoms with Crippen LogP contribution in [0, 0.1) is 0 Å². The van der Waals surface area contributed by atoms with Crippen LogP contribution in [0.2, 0.25) is 0 Å². The predicted molar refractivity (Wildman–Crippen MR) is 123 cm³/mol. The van der Waals surface area contributed by atoms with E-state index in [0.29, 0.717) is 36.4 Å². The summed E-state index contributed by atoms with van der Waals surface area (Å²) in [5, 5.41) is 5.64. The molecule has 3 amide bonds. The number of fused-ring (bicyclic) bond motifs is 2. The molecular weight excluding hydrogens is 422 g/mol. The second kappa shape index (κ2) is 10.0. The van der Waals surface area contributed by atoms with Crippen molar-refractivity contribution >= 4 is 23.4 Å². The van der Waals surface area contributed by atoms with Gasteiger partial charge in [-0.2, -0.15) is 0 Å². The van der Waals surface area contributed by atoms with Crippen molar-refractivity contribution in [3.05, 3.63) is 59.7 Å². The summed E-state index contributed by atoms with van der Waals surface area (Å²) in [7, 11) is 1.76. The smallest absolute Gasteiger partial charge is 0.257 e. The van der Waals surface area contributed by atoms with Gasteiger partial charge in [0.2, 0.25) is 11.8 Å². The number of rotatable bonds is 5. The van der Waals surface area contributed by atoms with Crippen LogP contribution in [0.1, 0.15) is 42.1 Å². The lowest BCUT2D eigenvalue weighted by molar-refractivity contribution is -0.134. The van der Waals surface area contributed by atoms with Crippen molar-refractivity contribution in [3.8, 4) is 5.75 Å². The number of nitrogens with one attached hydrogen (secondary N) is 2. The van der Waals surface area contributed by atoms with Crippen LogP contribution in [0.3, 0.4) is 0 Å². The van der Waals surface area contributed by atoms with E-state index in [1.807, 2.05) is 30.3 Å². The molecule has 2 aromatic carbocycles. The Hall–Kier alpha value is -3.39. The number of amides is 3. The zero-order valence-electron chi connectivity index (χ0n) is 18.9. The van der Waals surface area contributed by atoms with Gasteiger partial charge in [0, 0.05) is 26.2 Å². The lowest BCUT2D eigenvalue weighted by Crippen LogP contribution is -2.53. The Morgan fingerprint density at radius 2 is 1.91 bits per heavy atom. The van der Waals surface area contributed by atoms with Gasteiger partial charge in [0.1, 0.15) is 18.5 Å². The van der Waals surface area contributed by atoms with Crippen LogP contribution in [0.25, 0.3) is 0 Å². The van der Waals surface area contributed by atoms with E-state index in [0.717, 1.165) is 5.56 Å². The van der Waals surface area contributed by atoms with Gasteiger partial charge in [0.15, 0.2) is 0 Å². The van der Waals surface area contributed by atoms with Gasteiger partial charge in [-0.1, -0.05) is 30.3 Å². The largest absolute Gasteiger partial charge is 0.490 e. The monoisotopic (exact) mass is 451 g/mol. The molecule has 174 valence electrons. The number of ether oxygens (including phenoxy) is 2. The fourth-order valence-electron chi connectivity index (χ4n) is 4.38. The number of hydrogen-bond acceptors (Lipinski definition) is 5. The van der Waals surface area contributed by atoms with Crippen LogP contribution in [-0.2, 0) is 20.9 Å². The first-order valence-electron chi connectivity index (χ1n) is 11.2. The van der Waals surface area contributed by atoms with Crippen molar-refractivity contribution in [2.24, 2.45) is 0 Å². The Bertz CT molecular complexity index is 1030. The van der Waals surface area contributed by atoms with E-state index in [1.165, 1.54) is 6.92 Å². The molecule has 2 heterocycles. The number of benzene rings is 2. The van der Waals surface area contributed by atoms with E-state index < -0.39 is 0 Å². The molecule has 4 rings (SSSR count). The maximum absolute atomic E-state index is 13.2. The van der Waals surface area contributed by atoms with E-state index in [1.54, 1.807) is 30.1 Å². The molecule has 2 aliphatic rings. The third-order valence-corrected chi connectivity index (χ3v) is 6.08. The number of anilines is 1. The summed E-state index contributed by atoms with van der Waals surface area (Å²) in [6, 6.07) is 14.6. The van der Waals surface area contributed by atoms with Crippen LogP contribution < -0.4 is 15.4 Å². The van der Waals surface area contributed by atoms with Crippen molar-refractivity contribution in [3.63, 3.8) is 0 Å². The van der Waals surface area contributed by atoms with E-state index in [4.69, 9.17) is 9.47 Å². The minimum absolute atomic E-state index is 0.0608. The zero-order chi connectivity index (χ0) is 23.4. The van der Waals surface area contributed by atoms with Gasteiger partial charge in [-0.15, -0.1) is 0 Å². The van der Waals surface area contributed by atoms with Crippen LogP contribution in [-0.4, -0.2) is 54.5 Å². The van der Waals surface area contributed by atoms with Crippen LogP contribution in [0.5, 0.6) is 5.75 Å². The van der Waals surface area contributed by atoms with E-state index in [9.17, 15) is 14.4 Å². The summed E-state index contributed by atoms with van der Waals surface area (Å²) in [4.78, 5) is 38.7. The SMILES string of the molecule is CC(=O)Nc1ccc2c(c1)C(=O)N(C)[C@H]1CC[C@H](CC(=O)NCc3ccccc3)O[C@@H]1CO2. The van der Waals surface area contributed by atoms with Gasteiger partial charge in [0.25, 0.3) is 5.91 Å². The maximum atomic E-state index is 13.2. The third kappa shape index (κ3) is 5.51. The number of likely N-dealkylation sites (N-methyl/N-ethyl adjacent to an activating group) is 1. The molecule has 0 aromatic heterocycles. The summed E-state index contributed by atoms with van der Waals surface area (Å²) in [6.45, 7) is 2.18. The van der Waals surface area contributed by atoms with Crippen molar-refractivity contribution in [2.45, 2.75) is 51.0 Å². The third-order valence-electron chi connectivity index (χ3n) is 6.08. The first-order chi connectivity index (χ1) is 15.9. The quantitative estimate of drug-likeness (QED) is 0.729. The molecule has 2 aromatic rings. The highest BCUT2D eigenvalue weighted by Crippen LogP contribution is 2.32. The molecule has 0 bridgehead atoms. The minimum atomic E-state index is -0.331. The highest BCUT2D eigenvalue weighted by Gasteiger charge is 2.39. The van der Waals surface area contributed by atoms with Crippen molar-refractivity contribution in [2.75, 3.05) is 19.0 Å². The lowest BCUT2D eigenvalue weighted by Gasteiger charge is -2.42. The highest BCUT2D eigenvalue weighted by atomic mass is 16.5. The van der Waals surface area contributed by atoms with Crippen molar-refractivity contribution in [1.29, 1.82) is 0 Å². The fraction of sp³-hybridized carbons (Fsp3) is 0.400. The van der Waals surface area contributed by atoms with Crippen molar-refractivity contribution in [1.82, 2.24) is 10.2 Å². The first kappa shape index (κ1) is 22.8. The second-order valence-corrected chi connectivity index (χ2v) is 8.53. The molecule has 2 N–H and O–H groups in total. The summed E-state index contributed by atoms with van der Waals surface area (Å²) in [6.07, 6.45) is 1.10. The number of carbonyl (C=O) groups excluding carboxylic acids is 3. The molecule has 33 heavy (non-hydrogen) atoms. The van der Waals surface area contributed by atoms with Gasteiger partial charge in [-0.25, -0.2) is 0 Å². The second-order valence-electron chi connectivity index (χ2n) is 8.53. The van der Waals surface area contributed by atoms with Crippen LogP contribution >= 0.6 is 0 Å². The summed E-state index contributed by atoms with van der Waals surface area (Å²) < 4.78 is 12.2. The van der Waals surface area contributed by atoms with E-state index in [-0.39, 0.29) is 49.0 Å². The fourth-order valence-corrected chi connectivity index (χ4v) is 4.38. The predicted octanol–water partition coefficient (Wildman–Crippen LogP) is 2.73. The molecular formula is C25H29N3O5. The Kier molecular flexibility index (Phi) is 6.93. The Morgan fingerprint density at radius 1 is 1.12 bits per heavy atom.